The predicted octanol–water partition coefficient (Wildman–Crippen LogP) is 3.74. The molecule has 7 heteroatoms. The number of fused-ring (bicyclic) bond motifs is 1. The second-order valence-corrected chi connectivity index (χ2v) is 4.79. The number of nitrogens with one attached hydrogen (secondary N) is 1. The number of nitrogens with zero attached hydrogens (tertiary/aromatic N) is 2. The molecule has 2 aromatic carbocycles. The molecule has 0 aliphatic heterocycles. The van der Waals surface area contributed by atoms with E-state index in [4.69, 9.17) is 0 Å². The Balaban J connectivity index is 0.00000208. The van der Waals surface area contributed by atoms with E-state index in [9.17, 15) is 20.0 Å². The monoisotopic (exact) mass is 325 g/mol. The fourth-order valence-corrected chi connectivity index (χ4v) is 2.18. The van der Waals surface area contributed by atoms with Crippen LogP contribution in [0.5, 0.6) is 5.75 Å². The van der Waals surface area contributed by atoms with Crippen LogP contribution in [0, 0.1) is 10.1 Å². The molecule has 0 fully saturated rings. The minimum absolute atomic E-state index is 0. The molecular weight excluding hydrogens is 310 g/mol. The van der Waals surface area contributed by atoms with Gasteiger partial charge in [0.25, 0.3) is 11.6 Å². The van der Waals surface area contributed by atoms with Crippen molar-refractivity contribution in [1.29, 1.82) is 0 Å². The summed E-state index contributed by atoms with van der Waals surface area (Å²) in [6.07, 6.45) is 1.53. The Morgan fingerprint density at radius 1 is 1.12 bits per heavy atom. The van der Waals surface area contributed by atoms with Crippen LogP contribution in [-0.2, 0) is 0 Å². The van der Waals surface area contributed by atoms with Crippen LogP contribution < -0.4 is 5.32 Å². The molecule has 122 valence electrons. The standard InChI is InChI=1S/C16H11N3O4.CH4/c20-15-13(8-3-10-2-1-9-17-14(10)15)16(21)18-11-4-6-12(7-5-11)19(22)23;/h1-9,20H,(H,18,21);1H4. The van der Waals surface area contributed by atoms with E-state index in [0.717, 1.165) is 5.39 Å². The zero-order valence-electron chi connectivity index (χ0n) is 11.8. The lowest BCUT2D eigenvalue weighted by atomic mass is 10.1. The molecule has 0 spiro atoms. The fraction of sp³-hybridized carbons (Fsp3) is 0.0588. The van der Waals surface area contributed by atoms with Gasteiger partial charge in [0, 0.05) is 29.4 Å². The van der Waals surface area contributed by atoms with Gasteiger partial charge in [0.05, 0.1) is 10.5 Å². The Morgan fingerprint density at radius 2 is 1.83 bits per heavy atom. The number of nitro benzene ring substituents is 1. The van der Waals surface area contributed by atoms with Crippen molar-refractivity contribution in [2.45, 2.75) is 7.43 Å². The number of non-ortho nitro benzene ring substituents is 1. The number of nitro groups is 1. The summed E-state index contributed by atoms with van der Waals surface area (Å²) in [7, 11) is 0. The van der Waals surface area contributed by atoms with E-state index in [-0.39, 0.29) is 24.4 Å². The van der Waals surface area contributed by atoms with Crippen molar-refractivity contribution < 1.29 is 14.8 Å². The number of amides is 1. The van der Waals surface area contributed by atoms with Crippen LogP contribution in [-0.4, -0.2) is 20.9 Å². The third-order valence-corrected chi connectivity index (χ3v) is 3.33. The van der Waals surface area contributed by atoms with Gasteiger partial charge in [0.2, 0.25) is 0 Å². The first-order valence-electron chi connectivity index (χ1n) is 6.69. The molecular formula is C17H15N3O4. The summed E-state index contributed by atoms with van der Waals surface area (Å²) in [6, 6.07) is 12.1. The number of hydrogen-bond acceptors (Lipinski definition) is 5. The van der Waals surface area contributed by atoms with Gasteiger partial charge in [-0.2, -0.15) is 0 Å². The molecule has 3 aromatic rings. The van der Waals surface area contributed by atoms with Crippen LogP contribution in [0.3, 0.4) is 0 Å². The van der Waals surface area contributed by atoms with Crippen molar-refractivity contribution in [3.8, 4) is 5.75 Å². The van der Waals surface area contributed by atoms with Gasteiger partial charge in [-0.1, -0.05) is 19.6 Å². The summed E-state index contributed by atoms with van der Waals surface area (Å²) in [5.74, 6) is -0.730. The maximum absolute atomic E-state index is 12.3. The van der Waals surface area contributed by atoms with Crippen LogP contribution in [0.25, 0.3) is 10.9 Å². The molecule has 0 unspecified atom stereocenters. The average Bonchev–Trinajstić information content (AvgIpc) is 2.56. The second kappa shape index (κ2) is 6.74. The Morgan fingerprint density at radius 3 is 2.50 bits per heavy atom. The quantitative estimate of drug-likeness (QED) is 0.563. The number of anilines is 1. The van der Waals surface area contributed by atoms with Crippen LogP contribution in [0.4, 0.5) is 11.4 Å². The van der Waals surface area contributed by atoms with Crippen molar-refractivity contribution in [1.82, 2.24) is 4.98 Å². The molecule has 24 heavy (non-hydrogen) atoms. The molecule has 2 N–H and O–H groups in total. The van der Waals surface area contributed by atoms with Gasteiger partial charge in [-0.05, 0) is 24.3 Å². The van der Waals surface area contributed by atoms with Crippen LogP contribution >= 0.6 is 0 Å². The maximum atomic E-state index is 12.3. The first-order chi connectivity index (χ1) is 11.1. The van der Waals surface area contributed by atoms with E-state index >= 15 is 0 Å². The number of benzene rings is 2. The summed E-state index contributed by atoms with van der Waals surface area (Å²) >= 11 is 0. The normalized spacial score (nSPS) is 10.0. The summed E-state index contributed by atoms with van der Waals surface area (Å²) < 4.78 is 0. The molecule has 1 amide bonds. The highest BCUT2D eigenvalue weighted by Crippen LogP contribution is 2.27. The molecule has 7 nitrogen and oxygen atoms in total. The fourth-order valence-electron chi connectivity index (χ4n) is 2.18. The van der Waals surface area contributed by atoms with Crippen LogP contribution in [0.1, 0.15) is 17.8 Å². The third kappa shape index (κ3) is 3.14. The largest absolute Gasteiger partial charge is 0.505 e. The van der Waals surface area contributed by atoms with Gasteiger partial charge in [-0.15, -0.1) is 0 Å². The van der Waals surface area contributed by atoms with E-state index in [2.05, 4.69) is 10.3 Å². The van der Waals surface area contributed by atoms with Crippen molar-refractivity contribution in [3.05, 3.63) is 70.4 Å². The van der Waals surface area contributed by atoms with Gasteiger partial charge in [0.1, 0.15) is 5.52 Å². The van der Waals surface area contributed by atoms with Crippen molar-refractivity contribution >= 4 is 28.2 Å². The molecule has 0 saturated carbocycles. The lowest BCUT2D eigenvalue weighted by Gasteiger charge is -2.08. The molecule has 0 bridgehead atoms. The maximum Gasteiger partial charge on any atom is 0.269 e. The van der Waals surface area contributed by atoms with Crippen LogP contribution in [0.2, 0.25) is 0 Å². The number of carbonyl (C=O) groups is 1. The van der Waals surface area contributed by atoms with Gasteiger partial charge in [-0.25, -0.2) is 0 Å². The molecule has 0 radical (unpaired) electrons. The van der Waals surface area contributed by atoms with E-state index in [1.165, 1.54) is 36.5 Å². The summed E-state index contributed by atoms with van der Waals surface area (Å²) in [6.45, 7) is 0. The summed E-state index contributed by atoms with van der Waals surface area (Å²) in [5, 5.41) is 24.1. The molecule has 0 aliphatic carbocycles. The number of pyridine rings is 1. The number of phenolic OH excluding ortho intramolecular Hbond substituents is 1. The minimum Gasteiger partial charge on any atom is -0.505 e. The molecule has 0 aliphatic rings. The molecule has 1 aromatic heterocycles. The Kier molecular flexibility index (Phi) is 4.74. The van der Waals surface area contributed by atoms with E-state index in [1.54, 1.807) is 18.2 Å². The molecule has 1 heterocycles. The molecule has 3 rings (SSSR count). The second-order valence-electron chi connectivity index (χ2n) is 4.79. The molecule has 0 atom stereocenters. The number of carbonyl (C=O) groups excluding carboxylic acids is 1. The number of phenols is 1. The van der Waals surface area contributed by atoms with Crippen LogP contribution in [0.15, 0.2) is 54.7 Å². The molecule has 0 saturated heterocycles. The van der Waals surface area contributed by atoms with Crippen molar-refractivity contribution in [3.63, 3.8) is 0 Å². The topological polar surface area (TPSA) is 105 Å². The van der Waals surface area contributed by atoms with Gasteiger partial charge < -0.3 is 10.4 Å². The number of aromatic hydroxyl groups is 1. The lowest BCUT2D eigenvalue weighted by molar-refractivity contribution is -0.384. The highest BCUT2D eigenvalue weighted by molar-refractivity contribution is 6.09. The predicted molar refractivity (Wildman–Crippen MR) is 91.2 cm³/mol. The first-order valence-corrected chi connectivity index (χ1v) is 6.69. The zero-order chi connectivity index (χ0) is 16.4. The van der Waals surface area contributed by atoms with Gasteiger partial charge in [0.15, 0.2) is 5.75 Å². The lowest BCUT2D eigenvalue weighted by Crippen LogP contribution is -2.12. The SMILES string of the molecule is C.O=C(Nc1ccc([N+](=O)[O-])cc1)c1ccc2cccnc2c1O. The number of rotatable bonds is 3. The number of aromatic nitrogens is 1. The average molecular weight is 325 g/mol. The highest BCUT2D eigenvalue weighted by Gasteiger charge is 2.15. The Labute approximate surface area is 137 Å². The van der Waals surface area contributed by atoms with Gasteiger partial charge in [-0.3, -0.25) is 19.9 Å². The van der Waals surface area contributed by atoms with Crippen molar-refractivity contribution in [2.24, 2.45) is 0 Å². The first kappa shape index (κ1) is 16.9. The van der Waals surface area contributed by atoms with E-state index in [1.807, 2.05) is 0 Å². The Bertz CT molecular complexity index is 907. The van der Waals surface area contributed by atoms with Crippen molar-refractivity contribution in [2.75, 3.05) is 5.32 Å². The Hall–Kier alpha value is -3.48. The zero-order valence-corrected chi connectivity index (χ0v) is 11.8. The van der Waals surface area contributed by atoms with E-state index < -0.39 is 10.8 Å². The summed E-state index contributed by atoms with van der Waals surface area (Å²) in [5.41, 5.74) is 0.736. The number of hydrogen-bond donors (Lipinski definition) is 2. The summed E-state index contributed by atoms with van der Waals surface area (Å²) in [4.78, 5) is 26.4. The smallest absolute Gasteiger partial charge is 0.269 e. The third-order valence-electron chi connectivity index (χ3n) is 3.33. The highest BCUT2D eigenvalue weighted by atomic mass is 16.6. The van der Waals surface area contributed by atoms with Gasteiger partial charge >= 0.3 is 0 Å². The van der Waals surface area contributed by atoms with E-state index in [0.29, 0.717) is 11.2 Å². The minimum atomic E-state index is -0.524.